The van der Waals surface area contributed by atoms with Gasteiger partial charge >= 0.3 is 13.8 Å². The highest BCUT2D eigenvalue weighted by molar-refractivity contribution is 7.47. The molecule has 0 heterocycles. The summed E-state index contributed by atoms with van der Waals surface area (Å²) >= 11 is 0. The average Bonchev–Trinajstić information content (AvgIpc) is 3.24. The molecular weight excluding hydrogens is 799 g/mol. The molecule has 13 heteroatoms. The van der Waals surface area contributed by atoms with Gasteiger partial charge in [-0.1, -0.05) is 193 Å². The number of esters is 1. The van der Waals surface area contributed by atoms with E-state index in [1.165, 1.54) is 148 Å². The highest BCUT2D eigenvalue weighted by Gasteiger charge is 2.51. The summed E-state index contributed by atoms with van der Waals surface area (Å²) < 4.78 is 34.3. The number of hydrogen-bond acceptors (Lipinski definition) is 11. The molecule has 61 heavy (non-hydrogen) atoms. The molecule has 0 bridgehead atoms. The highest BCUT2D eigenvalue weighted by Crippen LogP contribution is 2.47. The van der Waals surface area contributed by atoms with Crippen molar-refractivity contribution in [2.45, 2.75) is 268 Å². The molecule has 0 radical (unpaired) electrons. The molecule has 362 valence electrons. The Morgan fingerprint density at radius 2 is 0.869 bits per heavy atom. The van der Waals surface area contributed by atoms with Gasteiger partial charge in [-0.15, -0.1) is 0 Å². The van der Waals surface area contributed by atoms with Crippen LogP contribution in [-0.4, -0.2) is 98.9 Å². The first-order valence-corrected chi connectivity index (χ1v) is 26.5. The minimum absolute atomic E-state index is 0.0752. The Labute approximate surface area is 371 Å². The van der Waals surface area contributed by atoms with Crippen LogP contribution >= 0.6 is 7.82 Å². The van der Waals surface area contributed by atoms with Crippen molar-refractivity contribution >= 4 is 13.8 Å². The standard InChI is InChI=1S/C48H93O12P/c1-3-5-7-9-11-13-15-17-19-21-22-23-25-27-29-31-33-35-37-42(49)59-41(40-58-61(55,56)60-48-46(53)44(51)43(50)45(52)47(48)54)39-57-38-36-34-32-30-28-26-24-20-18-16-14-12-10-8-6-4-2/h18,20,41,43-48,50-54H,3-17,19,21-40H2,1-2H3,(H,55,56)/b20-18-. The molecule has 1 rings (SSSR count). The number of phosphoric acid groups is 1. The zero-order valence-electron chi connectivity index (χ0n) is 38.7. The van der Waals surface area contributed by atoms with Crippen molar-refractivity contribution in [2.24, 2.45) is 0 Å². The summed E-state index contributed by atoms with van der Waals surface area (Å²) in [7, 11) is -5.02. The van der Waals surface area contributed by atoms with Gasteiger partial charge < -0.3 is 39.9 Å². The fourth-order valence-electron chi connectivity index (χ4n) is 7.88. The summed E-state index contributed by atoms with van der Waals surface area (Å²) in [5, 5.41) is 50.2. The molecule has 6 unspecified atom stereocenters. The van der Waals surface area contributed by atoms with Crippen LogP contribution in [0.5, 0.6) is 0 Å². The molecule has 0 aliphatic heterocycles. The summed E-state index contributed by atoms with van der Waals surface area (Å²) in [5.74, 6) is -0.474. The van der Waals surface area contributed by atoms with E-state index in [-0.39, 0.29) is 13.0 Å². The maximum absolute atomic E-state index is 12.8. The SMILES string of the molecule is CCCCCCCC/C=C\CCCCCCCCOCC(COP(=O)(O)OC1C(O)C(O)C(O)C(O)C1O)OC(=O)CCCCCCCCCCCCCCCCCCCC. The van der Waals surface area contributed by atoms with E-state index >= 15 is 0 Å². The number of unbranched alkanes of at least 4 members (excludes halogenated alkanes) is 29. The Balaban J connectivity index is 2.35. The van der Waals surface area contributed by atoms with Crippen molar-refractivity contribution in [3.05, 3.63) is 12.2 Å². The summed E-state index contributed by atoms with van der Waals surface area (Å²) in [4.78, 5) is 23.2. The minimum Gasteiger partial charge on any atom is -0.457 e. The number of allylic oxidation sites excluding steroid dienone is 2. The van der Waals surface area contributed by atoms with Crippen LogP contribution < -0.4 is 0 Å². The molecule has 6 N–H and O–H groups in total. The van der Waals surface area contributed by atoms with Gasteiger partial charge in [-0.25, -0.2) is 4.57 Å². The molecule has 12 nitrogen and oxygen atoms in total. The lowest BCUT2D eigenvalue weighted by Gasteiger charge is -2.41. The highest BCUT2D eigenvalue weighted by atomic mass is 31.2. The Kier molecular flexibility index (Phi) is 37.6. The van der Waals surface area contributed by atoms with Gasteiger partial charge in [0.15, 0.2) is 0 Å². The fourth-order valence-corrected chi connectivity index (χ4v) is 8.85. The second kappa shape index (κ2) is 39.4. The van der Waals surface area contributed by atoms with E-state index in [1.807, 2.05) is 0 Å². The number of ether oxygens (including phenoxy) is 2. The van der Waals surface area contributed by atoms with E-state index < -0.39 is 63.1 Å². The lowest BCUT2D eigenvalue weighted by molar-refractivity contribution is -0.220. The number of hydrogen-bond donors (Lipinski definition) is 6. The van der Waals surface area contributed by atoms with Crippen molar-refractivity contribution in [3.8, 4) is 0 Å². The number of phosphoric ester groups is 1. The van der Waals surface area contributed by atoms with Gasteiger partial charge in [0.05, 0.1) is 13.2 Å². The van der Waals surface area contributed by atoms with Gasteiger partial charge in [0, 0.05) is 13.0 Å². The van der Waals surface area contributed by atoms with Crippen LogP contribution in [0.2, 0.25) is 0 Å². The van der Waals surface area contributed by atoms with E-state index in [9.17, 15) is 39.8 Å². The Morgan fingerprint density at radius 1 is 0.508 bits per heavy atom. The number of aliphatic hydroxyl groups excluding tert-OH is 5. The zero-order valence-corrected chi connectivity index (χ0v) is 39.6. The van der Waals surface area contributed by atoms with Crippen LogP contribution in [0, 0.1) is 0 Å². The molecule has 1 aliphatic carbocycles. The smallest absolute Gasteiger partial charge is 0.457 e. The van der Waals surface area contributed by atoms with E-state index in [4.69, 9.17) is 18.5 Å². The van der Waals surface area contributed by atoms with Gasteiger partial charge in [0.2, 0.25) is 0 Å². The molecule has 1 aliphatic rings. The fraction of sp³-hybridized carbons (Fsp3) is 0.938. The zero-order chi connectivity index (χ0) is 44.8. The van der Waals surface area contributed by atoms with Crippen molar-refractivity contribution in [3.63, 3.8) is 0 Å². The van der Waals surface area contributed by atoms with Crippen molar-refractivity contribution in [1.82, 2.24) is 0 Å². The Hall–Kier alpha value is -0.920. The topological polar surface area (TPSA) is 192 Å². The first-order chi connectivity index (χ1) is 29.5. The second-order valence-electron chi connectivity index (χ2n) is 17.7. The summed E-state index contributed by atoms with van der Waals surface area (Å²) in [6.07, 6.45) is 31.3. The maximum atomic E-state index is 12.8. The predicted molar refractivity (Wildman–Crippen MR) is 244 cm³/mol. The quantitative estimate of drug-likeness (QED) is 0.0147. The normalized spacial score (nSPS) is 22.2. The van der Waals surface area contributed by atoms with Gasteiger partial charge in [0.1, 0.15) is 42.7 Å². The van der Waals surface area contributed by atoms with Crippen molar-refractivity contribution < 1.29 is 58.3 Å². The van der Waals surface area contributed by atoms with Gasteiger partial charge in [-0.05, 0) is 38.5 Å². The van der Waals surface area contributed by atoms with Crippen LogP contribution in [0.3, 0.4) is 0 Å². The number of carbonyl (C=O) groups excluding carboxylic acids is 1. The predicted octanol–water partition coefficient (Wildman–Crippen LogP) is 10.7. The van der Waals surface area contributed by atoms with Crippen LogP contribution in [0.1, 0.15) is 226 Å². The molecule has 0 aromatic rings. The molecule has 0 amide bonds. The molecular formula is C48H93O12P. The monoisotopic (exact) mass is 893 g/mol. The van der Waals surface area contributed by atoms with Crippen LogP contribution in [-0.2, 0) is 27.9 Å². The molecule has 1 saturated carbocycles. The van der Waals surface area contributed by atoms with Crippen molar-refractivity contribution in [1.29, 1.82) is 0 Å². The van der Waals surface area contributed by atoms with Gasteiger partial charge in [-0.2, -0.15) is 0 Å². The summed E-state index contributed by atoms with van der Waals surface area (Å²) in [5.41, 5.74) is 0. The maximum Gasteiger partial charge on any atom is 0.472 e. The molecule has 0 aromatic heterocycles. The lowest BCUT2D eigenvalue weighted by Crippen LogP contribution is -2.64. The number of carbonyl (C=O) groups is 1. The van der Waals surface area contributed by atoms with Crippen LogP contribution in [0.15, 0.2) is 12.2 Å². The van der Waals surface area contributed by atoms with E-state index in [0.29, 0.717) is 13.0 Å². The van der Waals surface area contributed by atoms with Gasteiger partial charge in [0.25, 0.3) is 0 Å². The Morgan fingerprint density at radius 3 is 1.30 bits per heavy atom. The molecule has 0 spiro atoms. The lowest BCUT2D eigenvalue weighted by atomic mass is 9.85. The third-order valence-corrected chi connectivity index (χ3v) is 12.9. The summed E-state index contributed by atoms with van der Waals surface area (Å²) in [6.45, 7) is 4.28. The molecule has 0 aromatic carbocycles. The minimum atomic E-state index is -5.02. The largest absolute Gasteiger partial charge is 0.472 e. The third kappa shape index (κ3) is 31.6. The molecule has 0 saturated heterocycles. The van der Waals surface area contributed by atoms with Crippen molar-refractivity contribution in [2.75, 3.05) is 19.8 Å². The van der Waals surface area contributed by atoms with Crippen LogP contribution in [0.4, 0.5) is 0 Å². The number of rotatable bonds is 43. The van der Waals surface area contributed by atoms with Crippen LogP contribution in [0.25, 0.3) is 0 Å². The second-order valence-corrected chi connectivity index (χ2v) is 19.1. The third-order valence-electron chi connectivity index (χ3n) is 11.9. The van der Waals surface area contributed by atoms with Gasteiger partial charge in [-0.3, -0.25) is 13.8 Å². The van der Waals surface area contributed by atoms with E-state index in [0.717, 1.165) is 51.4 Å². The van der Waals surface area contributed by atoms with E-state index in [1.54, 1.807) is 0 Å². The first-order valence-electron chi connectivity index (χ1n) is 25.0. The molecule has 6 atom stereocenters. The number of aliphatic hydroxyl groups is 5. The Bertz CT molecular complexity index is 1060. The molecule has 1 fully saturated rings. The first kappa shape index (κ1) is 58.1. The summed E-state index contributed by atoms with van der Waals surface area (Å²) in [6, 6.07) is 0. The average molecular weight is 893 g/mol. The van der Waals surface area contributed by atoms with E-state index in [2.05, 4.69) is 26.0 Å².